The van der Waals surface area contributed by atoms with Crippen molar-refractivity contribution in [1.82, 2.24) is 4.90 Å². The maximum Gasteiger partial charge on any atom is 0.233 e. The molecule has 4 heteroatoms. The van der Waals surface area contributed by atoms with Gasteiger partial charge in [0, 0.05) is 0 Å². The lowest BCUT2D eigenvalue weighted by Crippen LogP contribution is -2.47. The molecule has 2 saturated carbocycles. The van der Waals surface area contributed by atoms with Crippen LogP contribution in [0.1, 0.15) is 51.4 Å². The maximum absolute atomic E-state index is 12.2. The second-order valence-electron chi connectivity index (χ2n) is 6.19. The zero-order valence-corrected chi connectivity index (χ0v) is 10.7. The van der Waals surface area contributed by atoms with Crippen LogP contribution in [0.25, 0.3) is 0 Å². The van der Waals surface area contributed by atoms with Gasteiger partial charge in [-0.2, -0.15) is 0 Å². The number of imide groups is 1. The van der Waals surface area contributed by atoms with Gasteiger partial charge in [-0.3, -0.25) is 14.5 Å². The molecule has 1 heterocycles. The summed E-state index contributed by atoms with van der Waals surface area (Å²) in [7, 11) is 0. The highest BCUT2D eigenvalue weighted by Gasteiger charge is 2.51. The van der Waals surface area contributed by atoms with Gasteiger partial charge in [0.2, 0.25) is 11.8 Å². The topological polar surface area (TPSA) is 57.6 Å². The lowest BCUT2D eigenvalue weighted by Gasteiger charge is -2.35. The molecule has 18 heavy (non-hydrogen) atoms. The Balaban J connectivity index is 1.73. The zero-order valence-electron chi connectivity index (χ0n) is 10.7. The second kappa shape index (κ2) is 4.34. The summed E-state index contributed by atoms with van der Waals surface area (Å²) in [5, 5.41) is 10.5. The summed E-state index contributed by atoms with van der Waals surface area (Å²) >= 11 is 0. The van der Waals surface area contributed by atoms with E-state index in [-0.39, 0.29) is 30.2 Å². The van der Waals surface area contributed by atoms with Crippen molar-refractivity contribution in [2.75, 3.05) is 6.54 Å². The Labute approximate surface area is 107 Å². The van der Waals surface area contributed by atoms with Gasteiger partial charge in [0.15, 0.2) is 0 Å². The van der Waals surface area contributed by atoms with Crippen LogP contribution >= 0.6 is 0 Å². The van der Waals surface area contributed by atoms with E-state index in [9.17, 15) is 14.7 Å². The zero-order chi connectivity index (χ0) is 12.8. The fourth-order valence-corrected chi connectivity index (χ4v) is 3.88. The fraction of sp³-hybridized carbons (Fsp3) is 0.857. The molecule has 1 saturated heterocycles. The molecule has 1 N–H and O–H groups in total. The van der Waals surface area contributed by atoms with Crippen LogP contribution in [0.4, 0.5) is 0 Å². The number of nitrogens with zero attached hydrogens (tertiary/aromatic N) is 1. The van der Waals surface area contributed by atoms with Crippen LogP contribution in [0, 0.1) is 11.8 Å². The van der Waals surface area contributed by atoms with E-state index >= 15 is 0 Å². The second-order valence-corrected chi connectivity index (χ2v) is 6.19. The number of likely N-dealkylation sites (tertiary alicyclic amines) is 1. The predicted molar refractivity (Wildman–Crippen MR) is 65.6 cm³/mol. The van der Waals surface area contributed by atoms with E-state index in [0.717, 1.165) is 51.4 Å². The maximum atomic E-state index is 12.2. The van der Waals surface area contributed by atoms with Gasteiger partial charge in [0.25, 0.3) is 0 Å². The minimum absolute atomic E-state index is 0.0264. The molecule has 0 aromatic carbocycles. The van der Waals surface area contributed by atoms with E-state index < -0.39 is 5.60 Å². The van der Waals surface area contributed by atoms with E-state index in [0.29, 0.717) is 0 Å². The van der Waals surface area contributed by atoms with Crippen LogP contribution < -0.4 is 0 Å². The summed E-state index contributed by atoms with van der Waals surface area (Å²) in [5.41, 5.74) is -0.817. The first-order valence-electron chi connectivity index (χ1n) is 7.18. The Bertz CT molecular complexity index is 351. The first kappa shape index (κ1) is 12.2. The molecule has 0 aromatic heterocycles. The molecule has 3 aliphatic rings. The summed E-state index contributed by atoms with van der Waals surface area (Å²) in [6, 6.07) is 0. The standard InChI is InChI=1S/C14H21NO3/c16-12-10-5-4-6-11(10)13(17)15(12)9-14(18)7-2-1-3-8-14/h10-11,18H,1-9H2. The molecule has 0 aromatic rings. The van der Waals surface area contributed by atoms with Crippen molar-refractivity contribution in [3.8, 4) is 0 Å². The fourth-order valence-electron chi connectivity index (χ4n) is 3.88. The Morgan fingerprint density at radius 3 is 2.11 bits per heavy atom. The van der Waals surface area contributed by atoms with Gasteiger partial charge in [-0.05, 0) is 25.7 Å². The Hall–Kier alpha value is -0.900. The first-order valence-corrected chi connectivity index (χ1v) is 7.18. The number of carbonyl (C=O) groups excluding carboxylic acids is 2. The molecule has 2 unspecified atom stereocenters. The number of rotatable bonds is 2. The van der Waals surface area contributed by atoms with Crippen molar-refractivity contribution in [2.45, 2.75) is 57.0 Å². The minimum atomic E-state index is -0.817. The SMILES string of the molecule is O=C1C2CCCC2C(=O)N1CC1(O)CCCCC1. The van der Waals surface area contributed by atoms with E-state index in [1.54, 1.807) is 0 Å². The number of fused-ring (bicyclic) bond motifs is 1. The number of aliphatic hydroxyl groups is 1. The molecule has 3 rings (SSSR count). The molecule has 0 bridgehead atoms. The monoisotopic (exact) mass is 251 g/mol. The van der Waals surface area contributed by atoms with Gasteiger partial charge >= 0.3 is 0 Å². The van der Waals surface area contributed by atoms with E-state index in [4.69, 9.17) is 0 Å². The molecular weight excluding hydrogens is 230 g/mol. The average Bonchev–Trinajstić information content (AvgIpc) is 2.91. The number of amides is 2. The Morgan fingerprint density at radius 2 is 1.56 bits per heavy atom. The quantitative estimate of drug-likeness (QED) is 0.756. The van der Waals surface area contributed by atoms with Crippen LogP contribution in [0.3, 0.4) is 0 Å². The normalized spacial score (nSPS) is 35.1. The van der Waals surface area contributed by atoms with E-state index in [1.165, 1.54) is 4.90 Å². The summed E-state index contributed by atoms with van der Waals surface area (Å²) in [5.74, 6) is -0.211. The van der Waals surface area contributed by atoms with E-state index in [1.807, 2.05) is 0 Å². The van der Waals surface area contributed by atoms with Gasteiger partial charge in [-0.25, -0.2) is 0 Å². The van der Waals surface area contributed by atoms with Crippen LogP contribution in [-0.2, 0) is 9.59 Å². The third-order valence-corrected chi connectivity index (χ3v) is 4.92. The van der Waals surface area contributed by atoms with Crippen molar-refractivity contribution < 1.29 is 14.7 Å². The summed E-state index contributed by atoms with van der Waals surface area (Å²) in [6.45, 7) is 0.234. The number of hydrogen-bond acceptors (Lipinski definition) is 3. The molecule has 100 valence electrons. The summed E-state index contributed by atoms with van der Waals surface area (Å²) in [6.07, 6.45) is 7.28. The van der Waals surface area contributed by atoms with Crippen LogP contribution in [0.15, 0.2) is 0 Å². The predicted octanol–water partition coefficient (Wildman–Crippen LogP) is 1.47. The molecule has 2 aliphatic carbocycles. The van der Waals surface area contributed by atoms with Crippen molar-refractivity contribution in [3.05, 3.63) is 0 Å². The highest BCUT2D eigenvalue weighted by molar-refractivity contribution is 6.05. The lowest BCUT2D eigenvalue weighted by molar-refractivity contribution is -0.145. The summed E-state index contributed by atoms with van der Waals surface area (Å²) in [4.78, 5) is 25.8. The van der Waals surface area contributed by atoms with Crippen molar-refractivity contribution in [3.63, 3.8) is 0 Å². The molecule has 0 spiro atoms. The van der Waals surface area contributed by atoms with Crippen LogP contribution in [-0.4, -0.2) is 34.0 Å². The number of hydrogen-bond donors (Lipinski definition) is 1. The molecule has 3 fully saturated rings. The first-order chi connectivity index (χ1) is 8.61. The minimum Gasteiger partial charge on any atom is -0.388 e. The number of carbonyl (C=O) groups is 2. The molecule has 2 amide bonds. The van der Waals surface area contributed by atoms with Crippen molar-refractivity contribution in [2.24, 2.45) is 11.8 Å². The Morgan fingerprint density at radius 1 is 1.00 bits per heavy atom. The third-order valence-electron chi connectivity index (χ3n) is 4.92. The summed E-state index contributed by atoms with van der Waals surface area (Å²) < 4.78 is 0. The average molecular weight is 251 g/mol. The van der Waals surface area contributed by atoms with Gasteiger partial charge in [-0.15, -0.1) is 0 Å². The van der Waals surface area contributed by atoms with Crippen molar-refractivity contribution >= 4 is 11.8 Å². The third kappa shape index (κ3) is 1.87. The highest BCUT2D eigenvalue weighted by atomic mass is 16.3. The molecular formula is C14H21NO3. The van der Waals surface area contributed by atoms with Gasteiger partial charge in [0.1, 0.15) is 0 Å². The Kier molecular flexibility index (Phi) is 2.93. The van der Waals surface area contributed by atoms with Crippen LogP contribution in [0.5, 0.6) is 0 Å². The largest absolute Gasteiger partial charge is 0.388 e. The van der Waals surface area contributed by atoms with E-state index in [2.05, 4.69) is 0 Å². The highest BCUT2D eigenvalue weighted by Crippen LogP contribution is 2.41. The van der Waals surface area contributed by atoms with Crippen LogP contribution in [0.2, 0.25) is 0 Å². The number of β-amino-alcohol motifs (C(OH)–C–C–N with tert-alkyl or cyclic N) is 1. The lowest BCUT2D eigenvalue weighted by atomic mass is 9.84. The molecule has 1 aliphatic heterocycles. The van der Waals surface area contributed by atoms with Gasteiger partial charge in [-0.1, -0.05) is 25.7 Å². The van der Waals surface area contributed by atoms with Crippen molar-refractivity contribution in [1.29, 1.82) is 0 Å². The smallest absolute Gasteiger partial charge is 0.233 e. The molecule has 2 atom stereocenters. The van der Waals surface area contributed by atoms with Gasteiger partial charge < -0.3 is 5.11 Å². The molecule has 4 nitrogen and oxygen atoms in total. The molecule has 0 radical (unpaired) electrons. The van der Waals surface area contributed by atoms with Gasteiger partial charge in [0.05, 0.1) is 24.0 Å².